The van der Waals surface area contributed by atoms with Crippen LogP contribution in [0.2, 0.25) is 0 Å². The van der Waals surface area contributed by atoms with Crippen LogP contribution < -0.4 is 4.90 Å². The number of carboxylic acids is 1. The van der Waals surface area contributed by atoms with Crippen molar-refractivity contribution in [2.75, 3.05) is 11.4 Å². The van der Waals surface area contributed by atoms with E-state index in [0.717, 1.165) is 10.8 Å². The first-order valence-corrected chi connectivity index (χ1v) is 5.56. The molecule has 0 heterocycles. The van der Waals surface area contributed by atoms with Gasteiger partial charge in [0.05, 0.1) is 0 Å². The summed E-state index contributed by atoms with van der Waals surface area (Å²) >= 11 is 0. The normalized spacial score (nSPS) is 10.3. The van der Waals surface area contributed by atoms with Crippen LogP contribution in [0.1, 0.15) is 6.92 Å². The number of hydrogen-bond donors (Lipinski definition) is 1. The van der Waals surface area contributed by atoms with Crippen molar-refractivity contribution in [2.45, 2.75) is 6.92 Å². The van der Waals surface area contributed by atoms with Gasteiger partial charge in [0.15, 0.2) is 0 Å². The average molecular weight is 243 g/mol. The number of carbonyl (C=O) groups excluding carboxylic acids is 1. The Labute approximate surface area is 104 Å². The maximum atomic E-state index is 11.5. The zero-order chi connectivity index (χ0) is 13.1. The summed E-state index contributed by atoms with van der Waals surface area (Å²) in [6.45, 7) is 1.03. The number of carboxylic acid groups (broad SMARTS) is 1. The fourth-order valence-electron chi connectivity index (χ4n) is 1.86. The van der Waals surface area contributed by atoms with Gasteiger partial charge in [-0.1, -0.05) is 30.3 Å². The van der Waals surface area contributed by atoms with Gasteiger partial charge in [-0.15, -0.1) is 0 Å². The minimum absolute atomic E-state index is 0.285. The molecule has 0 aliphatic rings. The van der Waals surface area contributed by atoms with Gasteiger partial charge in [-0.3, -0.25) is 9.59 Å². The molecule has 2 aromatic carbocycles. The third kappa shape index (κ3) is 2.48. The van der Waals surface area contributed by atoms with E-state index >= 15 is 0 Å². The number of carbonyl (C=O) groups is 2. The van der Waals surface area contributed by atoms with E-state index in [1.165, 1.54) is 11.8 Å². The lowest BCUT2D eigenvalue weighted by Gasteiger charge is -2.19. The lowest BCUT2D eigenvalue weighted by molar-refractivity contribution is -0.136. The summed E-state index contributed by atoms with van der Waals surface area (Å²) in [5.74, 6) is -1.31. The molecule has 2 rings (SSSR count). The van der Waals surface area contributed by atoms with Crippen LogP contribution in [0, 0.1) is 0 Å². The van der Waals surface area contributed by atoms with E-state index < -0.39 is 5.97 Å². The van der Waals surface area contributed by atoms with Crippen molar-refractivity contribution in [3.63, 3.8) is 0 Å². The first-order valence-electron chi connectivity index (χ1n) is 5.56. The average Bonchev–Trinajstić information content (AvgIpc) is 2.35. The Hall–Kier alpha value is -2.36. The molecule has 4 heteroatoms. The molecular formula is C14H13NO3. The third-order valence-corrected chi connectivity index (χ3v) is 2.72. The SMILES string of the molecule is CC(=O)N(CC(=O)O)c1ccc2ccccc2c1. The molecular weight excluding hydrogens is 230 g/mol. The van der Waals surface area contributed by atoms with Gasteiger partial charge in [0, 0.05) is 12.6 Å². The van der Waals surface area contributed by atoms with E-state index in [-0.39, 0.29) is 12.5 Å². The molecule has 0 fully saturated rings. The molecule has 2 aromatic rings. The van der Waals surface area contributed by atoms with Crippen molar-refractivity contribution in [3.8, 4) is 0 Å². The van der Waals surface area contributed by atoms with Gasteiger partial charge < -0.3 is 10.0 Å². The van der Waals surface area contributed by atoms with Crippen LogP contribution in [0.25, 0.3) is 10.8 Å². The van der Waals surface area contributed by atoms with Crippen LogP contribution in [-0.4, -0.2) is 23.5 Å². The minimum Gasteiger partial charge on any atom is -0.480 e. The quantitative estimate of drug-likeness (QED) is 0.899. The number of aliphatic carboxylic acids is 1. The van der Waals surface area contributed by atoms with Crippen molar-refractivity contribution in [1.29, 1.82) is 0 Å². The first kappa shape index (κ1) is 12.1. The molecule has 0 unspecified atom stereocenters. The molecule has 1 amide bonds. The van der Waals surface area contributed by atoms with Gasteiger partial charge in [0.1, 0.15) is 6.54 Å². The lowest BCUT2D eigenvalue weighted by atomic mass is 10.1. The molecule has 0 aromatic heterocycles. The second-order valence-electron chi connectivity index (χ2n) is 4.03. The van der Waals surface area contributed by atoms with E-state index in [0.29, 0.717) is 5.69 Å². The standard InChI is InChI=1S/C14H13NO3/c1-10(16)15(9-14(17)18)13-7-6-11-4-2-3-5-12(11)8-13/h2-8H,9H2,1H3,(H,17,18). The molecule has 18 heavy (non-hydrogen) atoms. The molecule has 0 aliphatic carbocycles. The van der Waals surface area contributed by atoms with Crippen molar-refractivity contribution in [2.24, 2.45) is 0 Å². The van der Waals surface area contributed by atoms with E-state index in [9.17, 15) is 9.59 Å². The molecule has 0 aliphatic heterocycles. The number of nitrogens with zero attached hydrogens (tertiary/aromatic N) is 1. The zero-order valence-corrected chi connectivity index (χ0v) is 9.96. The van der Waals surface area contributed by atoms with E-state index in [4.69, 9.17) is 5.11 Å². The van der Waals surface area contributed by atoms with Gasteiger partial charge >= 0.3 is 5.97 Å². The van der Waals surface area contributed by atoms with Crippen molar-refractivity contribution in [3.05, 3.63) is 42.5 Å². The second kappa shape index (κ2) is 4.87. The summed E-state index contributed by atoms with van der Waals surface area (Å²) in [7, 11) is 0. The summed E-state index contributed by atoms with van der Waals surface area (Å²) in [6.07, 6.45) is 0. The summed E-state index contributed by atoms with van der Waals surface area (Å²) < 4.78 is 0. The van der Waals surface area contributed by atoms with Gasteiger partial charge in [-0.05, 0) is 22.9 Å². The maximum Gasteiger partial charge on any atom is 0.323 e. The highest BCUT2D eigenvalue weighted by atomic mass is 16.4. The second-order valence-corrected chi connectivity index (χ2v) is 4.03. The Morgan fingerprint density at radius 2 is 1.78 bits per heavy atom. The van der Waals surface area contributed by atoms with Gasteiger partial charge in [-0.25, -0.2) is 0 Å². The molecule has 0 atom stereocenters. The van der Waals surface area contributed by atoms with Crippen LogP contribution in [0.15, 0.2) is 42.5 Å². The van der Waals surface area contributed by atoms with E-state index in [1.807, 2.05) is 36.4 Å². The topological polar surface area (TPSA) is 57.6 Å². The lowest BCUT2D eigenvalue weighted by Crippen LogP contribution is -2.33. The summed E-state index contributed by atoms with van der Waals surface area (Å²) in [4.78, 5) is 23.5. The van der Waals surface area contributed by atoms with E-state index in [1.54, 1.807) is 6.07 Å². The molecule has 0 saturated heterocycles. The van der Waals surface area contributed by atoms with Crippen molar-refractivity contribution >= 4 is 28.3 Å². The Bertz CT molecular complexity index is 607. The smallest absolute Gasteiger partial charge is 0.323 e. The van der Waals surface area contributed by atoms with Crippen molar-refractivity contribution in [1.82, 2.24) is 0 Å². The maximum absolute atomic E-state index is 11.5. The van der Waals surface area contributed by atoms with Crippen LogP contribution in [0.5, 0.6) is 0 Å². The molecule has 4 nitrogen and oxygen atoms in total. The predicted octanol–water partition coefficient (Wildman–Crippen LogP) is 2.28. The summed E-state index contributed by atoms with van der Waals surface area (Å²) in [5.41, 5.74) is 0.601. The molecule has 1 N–H and O–H groups in total. The fraction of sp³-hybridized carbons (Fsp3) is 0.143. The van der Waals surface area contributed by atoms with Crippen LogP contribution in [0.3, 0.4) is 0 Å². The van der Waals surface area contributed by atoms with Crippen LogP contribution >= 0.6 is 0 Å². The first-order chi connectivity index (χ1) is 8.58. The van der Waals surface area contributed by atoms with Crippen LogP contribution in [0.4, 0.5) is 5.69 Å². The molecule has 0 spiro atoms. The van der Waals surface area contributed by atoms with E-state index in [2.05, 4.69) is 0 Å². The number of benzene rings is 2. The molecule has 0 saturated carbocycles. The molecule has 0 bridgehead atoms. The predicted molar refractivity (Wildman–Crippen MR) is 69.6 cm³/mol. The van der Waals surface area contributed by atoms with Gasteiger partial charge in [-0.2, -0.15) is 0 Å². The zero-order valence-electron chi connectivity index (χ0n) is 9.96. The largest absolute Gasteiger partial charge is 0.480 e. The highest BCUT2D eigenvalue weighted by Crippen LogP contribution is 2.22. The highest BCUT2D eigenvalue weighted by molar-refractivity contribution is 5.98. The number of fused-ring (bicyclic) bond motifs is 1. The Morgan fingerprint density at radius 1 is 1.11 bits per heavy atom. The van der Waals surface area contributed by atoms with Gasteiger partial charge in [0.25, 0.3) is 0 Å². The number of rotatable bonds is 3. The summed E-state index contributed by atoms with van der Waals surface area (Å²) in [6, 6.07) is 13.2. The number of anilines is 1. The fourth-order valence-corrected chi connectivity index (χ4v) is 1.86. The summed E-state index contributed by atoms with van der Waals surface area (Å²) in [5, 5.41) is 10.8. The molecule has 92 valence electrons. The Kier molecular flexibility index (Phi) is 3.28. The minimum atomic E-state index is -1.03. The number of hydrogen-bond acceptors (Lipinski definition) is 2. The Morgan fingerprint density at radius 3 is 2.39 bits per heavy atom. The third-order valence-electron chi connectivity index (χ3n) is 2.72. The monoisotopic (exact) mass is 243 g/mol. The van der Waals surface area contributed by atoms with Crippen LogP contribution in [-0.2, 0) is 9.59 Å². The highest BCUT2D eigenvalue weighted by Gasteiger charge is 2.15. The molecule has 0 radical (unpaired) electrons. The Balaban J connectivity index is 2.44. The van der Waals surface area contributed by atoms with Crippen molar-refractivity contribution < 1.29 is 14.7 Å². The van der Waals surface area contributed by atoms with Gasteiger partial charge in [0.2, 0.25) is 5.91 Å². The number of amides is 1.